The number of halogens is 1. The van der Waals surface area contributed by atoms with Gasteiger partial charge in [0, 0.05) is 0 Å². The van der Waals surface area contributed by atoms with Crippen LogP contribution in [0.1, 0.15) is 16.7 Å². The SMILES string of the molecule is Cc1ccc([S+](c2ccc(C)cc2)c2ccc(C)cc2)cc1.O=S(=O)([O-])c1ccc(F)cc1. The quantitative estimate of drug-likeness (QED) is 0.250. The van der Waals surface area contributed by atoms with E-state index in [-0.39, 0.29) is 10.9 Å². The third kappa shape index (κ3) is 7.02. The monoisotopic (exact) mass is 480 g/mol. The third-order valence-corrected chi connectivity index (χ3v) is 7.95. The van der Waals surface area contributed by atoms with E-state index in [0.717, 1.165) is 24.3 Å². The van der Waals surface area contributed by atoms with Crippen LogP contribution in [-0.2, 0) is 21.0 Å². The second kappa shape index (κ2) is 10.8. The molecule has 0 amide bonds. The summed E-state index contributed by atoms with van der Waals surface area (Å²) in [5, 5.41) is 0. The Hall–Kier alpha value is -2.93. The molecule has 0 bridgehead atoms. The van der Waals surface area contributed by atoms with E-state index >= 15 is 0 Å². The second-order valence-corrected chi connectivity index (χ2v) is 11.1. The summed E-state index contributed by atoms with van der Waals surface area (Å²) in [5.41, 5.74) is 3.92. The molecular weight excluding hydrogens is 455 g/mol. The lowest BCUT2D eigenvalue weighted by atomic mass is 10.2. The minimum atomic E-state index is -4.44. The zero-order valence-electron chi connectivity index (χ0n) is 18.7. The van der Waals surface area contributed by atoms with Crippen LogP contribution in [-0.4, -0.2) is 13.0 Å². The number of aryl methyl sites for hydroxylation is 3. The molecule has 0 saturated heterocycles. The molecule has 0 aliphatic rings. The summed E-state index contributed by atoms with van der Waals surface area (Å²) < 4.78 is 43.0. The van der Waals surface area contributed by atoms with E-state index < -0.39 is 20.8 Å². The topological polar surface area (TPSA) is 57.2 Å². The minimum Gasteiger partial charge on any atom is -0.744 e. The van der Waals surface area contributed by atoms with Crippen LogP contribution >= 0.6 is 0 Å². The molecule has 4 aromatic carbocycles. The van der Waals surface area contributed by atoms with Crippen molar-refractivity contribution in [3.8, 4) is 0 Å². The van der Waals surface area contributed by atoms with E-state index in [2.05, 4.69) is 93.6 Å². The first-order valence-corrected chi connectivity index (χ1v) is 12.9. The molecule has 4 rings (SSSR count). The van der Waals surface area contributed by atoms with Crippen molar-refractivity contribution in [3.05, 3.63) is 120 Å². The van der Waals surface area contributed by atoms with Crippen molar-refractivity contribution in [2.75, 3.05) is 0 Å². The lowest BCUT2D eigenvalue weighted by Crippen LogP contribution is -2.04. The van der Waals surface area contributed by atoms with E-state index in [1.54, 1.807) is 0 Å². The van der Waals surface area contributed by atoms with Gasteiger partial charge in [0.15, 0.2) is 14.7 Å². The smallest absolute Gasteiger partial charge is 0.166 e. The highest BCUT2D eigenvalue weighted by Gasteiger charge is 2.28. The summed E-state index contributed by atoms with van der Waals surface area (Å²) in [6, 6.07) is 30.5. The summed E-state index contributed by atoms with van der Waals surface area (Å²) in [7, 11) is -4.48. The largest absolute Gasteiger partial charge is 0.744 e. The van der Waals surface area contributed by atoms with Gasteiger partial charge in [-0.2, -0.15) is 0 Å². The Kier molecular flexibility index (Phi) is 8.08. The van der Waals surface area contributed by atoms with Crippen LogP contribution in [0, 0.1) is 26.6 Å². The summed E-state index contributed by atoms with van der Waals surface area (Å²) in [6.45, 7) is 6.42. The highest BCUT2D eigenvalue weighted by atomic mass is 32.2. The molecule has 33 heavy (non-hydrogen) atoms. The second-order valence-electron chi connectivity index (χ2n) is 7.65. The molecule has 0 N–H and O–H groups in total. The maximum Gasteiger partial charge on any atom is 0.166 e. The van der Waals surface area contributed by atoms with E-state index in [4.69, 9.17) is 0 Å². The summed E-state index contributed by atoms with van der Waals surface area (Å²) >= 11 is 0. The summed E-state index contributed by atoms with van der Waals surface area (Å²) in [4.78, 5) is 3.70. The Morgan fingerprint density at radius 3 is 1.15 bits per heavy atom. The van der Waals surface area contributed by atoms with E-state index in [9.17, 15) is 17.4 Å². The van der Waals surface area contributed by atoms with Gasteiger partial charge in [0.2, 0.25) is 0 Å². The molecule has 0 saturated carbocycles. The van der Waals surface area contributed by atoms with Crippen LogP contribution in [0.2, 0.25) is 0 Å². The molecule has 0 spiro atoms. The van der Waals surface area contributed by atoms with Gasteiger partial charge in [0.1, 0.15) is 15.9 Å². The number of benzene rings is 4. The highest BCUT2D eigenvalue weighted by molar-refractivity contribution is 7.97. The highest BCUT2D eigenvalue weighted by Crippen LogP contribution is 2.31. The zero-order chi connectivity index (χ0) is 24.0. The Labute approximate surface area is 198 Å². The van der Waals surface area contributed by atoms with Crippen LogP contribution in [0.5, 0.6) is 0 Å². The van der Waals surface area contributed by atoms with E-state index in [1.165, 1.54) is 31.4 Å². The Balaban J connectivity index is 0.000000235. The Morgan fingerprint density at radius 2 is 0.879 bits per heavy atom. The van der Waals surface area contributed by atoms with Gasteiger partial charge in [-0.15, -0.1) is 0 Å². The van der Waals surface area contributed by atoms with Gasteiger partial charge < -0.3 is 4.55 Å². The zero-order valence-corrected chi connectivity index (χ0v) is 20.3. The van der Waals surface area contributed by atoms with Gasteiger partial charge in [-0.05, 0) is 81.4 Å². The molecule has 0 atom stereocenters. The normalized spacial score (nSPS) is 11.1. The van der Waals surface area contributed by atoms with Gasteiger partial charge in [0.05, 0.1) is 15.8 Å². The number of rotatable bonds is 4. The van der Waals surface area contributed by atoms with Crippen LogP contribution in [0.15, 0.2) is 117 Å². The molecule has 6 heteroatoms. The van der Waals surface area contributed by atoms with Crippen LogP contribution < -0.4 is 0 Å². The minimum absolute atomic E-state index is 0.0394. The van der Waals surface area contributed by atoms with Crippen molar-refractivity contribution in [2.45, 2.75) is 40.4 Å². The molecule has 0 heterocycles. The van der Waals surface area contributed by atoms with Crippen LogP contribution in [0.3, 0.4) is 0 Å². The van der Waals surface area contributed by atoms with Crippen molar-refractivity contribution in [3.63, 3.8) is 0 Å². The first kappa shape index (κ1) is 24.7. The average molecular weight is 481 g/mol. The molecule has 170 valence electrons. The summed E-state index contributed by atoms with van der Waals surface area (Å²) in [5.74, 6) is -0.572. The van der Waals surface area contributed by atoms with E-state index in [1.807, 2.05) is 0 Å². The van der Waals surface area contributed by atoms with Gasteiger partial charge in [-0.1, -0.05) is 53.1 Å². The average Bonchev–Trinajstić information content (AvgIpc) is 2.78. The fraction of sp³-hybridized carbons (Fsp3) is 0.111. The van der Waals surface area contributed by atoms with E-state index in [0.29, 0.717) is 0 Å². The molecule has 0 aromatic heterocycles. The third-order valence-electron chi connectivity index (χ3n) is 4.87. The molecule has 4 aromatic rings. The van der Waals surface area contributed by atoms with Crippen molar-refractivity contribution >= 4 is 21.0 Å². The molecule has 0 fully saturated rings. The first-order chi connectivity index (χ1) is 15.6. The summed E-state index contributed by atoms with van der Waals surface area (Å²) in [6.07, 6.45) is 0. The predicted octanol–water partition coefficient (Wildman–Crippen LogP) is 6.44. The molecule has 0 radical (unpaired) electrons. The van der Waals surface area contributed by atoms with Crippen molar-refractivity contribution in [1.82, 2.24) is 0 Å². The van der Waals surface area contributed by atoms with Gasteiger partial charge in [-0.3, -0.25) is 0 Å². The maximum atomic E-state index is 12.2. The van der Waals surface area contributed by atoms with Crippen molar-refractivity contribution in [2.24, 2.45) is 0 Å². The fourth-order valence-electron chi connectivity index (χ4n) is 3.03. The Morgan fingerprint density at radius 1 is 0.576 bits per heavy atom. The Bertz CT molecular complexity index is 1170. The molecule has 0 aliphatic carbocycles. The van der Waals surface area contributed by atoms with Crippen LogP contribution in [0.4, 0.5) is 4.39 Å². The predicted molar refractivity (Wildman–Crippen MR) is 130 cm³/mol. The number of hydrogen-bond acceptors (Lipinski definition) is 3. The standard InChI is InChI=1S/C21H21S.C6H5FO3S/c1-16-4-10-19(11-5-16)22(20-12-6-17(2)7-13-20)21-14-8-18(3)9-15-21;7-5-1-3-6(4-2-5)11(8,9)10/h4-15H,1-3H3;1-4H,(H,8,9,10)/q+1;/p-1. The first-order valence-electron chi connectivity index (χ1n) is 10.3. The van der Waals surface area contributed by atoms with Gasteiger partial charge in [0.25, 0.3) is 0 Å². The molecular formula is C27H25FO3S2. The fourth-order valence-corrected chi connectivity index (χ4v) is 5.54. The maximum absolute atomic E-state index is 12.2. The molecule has 0 unspecified atom stereocenters. The molecule has 0 aliphatic heterocycles. The van der Waals surface area contributed by atoms with Crippen molar-refractivity contribution < 1.29 is 17.4 Å². The molecule has 3 nitrogen and oxygen atoms in total. The number of hydrogen-bond donors (Lipinski definition) is 0. The van der Waals surface area contributed by atoms with Gasteiger partial charge in [-0.25, -0.2) is 12.8 Å². The lowest BCUT2D eigenvalue weighted by Gasteiger charge is -2.09. The van der Waals surface area contributed by atoms with Crippen molar-refractivity contribution in [1.29, 1.82) is 0 Å². The van der Waals surface area contributed by atoms with Crippen LogP contribution in [0.25, 0.3) is 0 Å². The lowest BCUT2D eigenvalue weighted by molar-refractivity contribution is 0.463. The van der Waals surface area contributed by atoms with Gasteiger partial charge >= 0.3 is 0 Å².